The van der Waals surface area contributed by atoms with Gasteiger partial charge in [0.1, 0.15) is 23.9 Å². The molecule has 1 N–H and O–H groups in total. The molecule has 0 bridgehead atoms. The molecule has 8 heteroatoms. The minimum absolute atomic E-state index is 0.236. The maximum Gasteiger partial charge on any atom is 0.254 e. The van der Waals surface area contributed by atoms with Crippen LogP contribution in [0.25, 0.3) is 11.4 Å². The highest BCUT2D eigenvalue weighted by Gasteiger charge is 2.15. The Balaban J connectivity index is 1.97. The molecule has 3 aromatic rings. The molecule has 2 aromatic heterocycles. The Morgan fingerprint density at radius 3 is 2.77 bits per heavy atom. The standard InChI is InChI=1S/C18H17FN4O3/c1-3-14-9-17(25)23(10-16(24)21-15-7-11(2)26-22-15)18(20-14)12-5-4-6-13(19)8-12/h4-9H,3,10H2,1-2H3,(H,21,22,24). The number of halogens is 1. The molecule has 0 saturated carbocycles. The van der Waals surface area contributed by atoms with E-state index < -0.39 is 11.7 Å². The molecule has 0 aliphatic carbocycles. The zero-order valence-corrected chi connectivity index (χ0v) is 14.3. The maximum absolute atomic E-state index is 13.6. The van der Waals surface area contributed by atoms with Crippen molar-refractivity contribution < 1.29 is 13.7 Å². The summed E-state index contributed by atoms with van der Waals surface area (Å²) in [6, 6.07) is 8.67. The molecule has 1 aromatic carbocycles. The van der Waals surface area contributed by atoms with Crippen molar-refractivity contribution in [1.29, 1.82) is 0 Å². The van der Waals surface area contributed by atoms with Gasteiger partial charge in [0.05, 0.1) is 0 Å². The highest BCUT2D eigenvalue weighted by molar-refractivity contribution is 5.89. The molecular formula is C18H17FN4O3. The van der Waals surface area contributed by atoms with Crippen LogP contribution in [0.1, 0.15) is 18.4 Å². The van der Waals surface area contributed by atoms with Crippen LogP contribution in [0.5, 0.6) is 0 Å². The van der Waals surface area contributed by atoms with Crippen molar-refractivity contribution in [3.8, 4) is 11.4 Å². The number of rotatable bonds is 5. The van der Waals surface area contributed by atoms with E-state index in [0.717, 1.165) is 0 Å². The Morgan fingerprint density at radius 2 is 2.12 bits per heavy atom. The van der Waals surface area contributed by atoms with Gasteiger partial charge in [-0.1, -0.05) is 24.2 Å². The number of benzene rings is 1. The highest BCUT2D eigenvalue weighted by Crippen LogP contribution is 2.18. The van der Waals surface area contributed by atoms with Gasteiger partial charge in [-0.3, -0.25) is 14.2 Å². The Hall–Kier alpha value is -3.29. The summed E-state index contributed by atoms with van der Waals surface area (Å²) in [7, 11) is 0. The number of carbonyl (C=O) groups is 1. The second-order valence-corrected chi connectivity index (χ2v) is 5.73. The van der Waals surface area contributed by atoms with Crippen LogP contribution in [0.2, 0.25) is 0 Å². The number of nitrogens with one attached hydrogen (secondary N) is 1. The summed E-state index contributed by atoms with van der Waals surface area (Å²) in [5.41, 5.74) is 0.600. The number of hydrogen-bond acceptors (Lipinski definition) is 5. The average Bonchev–Trinajstić information content (AvgIpc) is 3.01. The van der Waals surface area contributed by atoms with E-state index in [2.05, 4.69) is 15.5 Å². The molecule has 0 fully saturated rings. The molecular weight excluding hydrogens is 339 g/mol. The molecule has 0 spiro atoms. The summed E-state index contributed by atoms with van der Waals surface area (Å²) < 4.78 is 19.7. The quantitative estimate of drug-likeness (QED) is 0.759. The molecule has 26 heavy (non-hydrogen) atoms. The van der Waals surface area contributed by atoms with Crippen LogP contribution < -0.4 is 10.9 Å². The molecule has 134 valence electrons. The van der Waals surface area contributed by atoms with Crippen molar-refractivity contribution >= 4 is 11.7 Å². The highest BCUT2D eigenvalue weighted by atomic mass is 19.1. The molecule has 0 aliphatic heterocycles. The number of amides is 1. The normalized spacial score (nSPS) is 10.7. The lowest BCUT2D eigenvalue weighted by molar-refractivity contribution is -0.116. The van der Waals surface area contributed by atoms with Crippen LogP contribution in [0.3, 0.4) is 0 Å². The van der Waals surface area contributed by atoms with Gasteiger partial charge in [-0.2, -0.15) is 0 Å². The number of carbonyl (C=O) groups excluding carboxylic acids is 1. The van der Waals surface area contributed by atoms with E-state index in [4.69, 9.17) is 4.52 Å². The summed E-state index contributed by atoms with van der Waals surface area (Å²) in [4.78, 5) is 29.2. The zero-order valence-electron chi connectivity index (χ0n) is 14.3. The van der Waals surface area contributed by atoms with Gasteiger partial charge in [0.25, 0.3) is 5.56 Å². The second-order valence-electron chi connectivity index (χ2n) is 5.73. The molecule has 2 heterocycles. The van der Waals surface area contributed by atoms with Crippen LogP contribution in [0, 0.1) is 12.7 Å². The molecule has 0 atom stereocenters. The molecule has 0 aliphatic rings. The van der Waals surface area contributed by atoms with E-state index in [1.54, 1.807) is 19.1 Å². The monoisotopic (exact) mass is 356 g/mol. The van der Waals surface area contributed by atoms with Crippen molar-refractivity contribution in [3.05, 3.63) is 64.0 Å². The first-order valence-corrected chi connectivity index (χ1v) is 8.06. The molecule has 7 nitrogen and oxygen atoms in total. The van der Waals surface area contributed by atoms with Crippen molar-refractivity contribution in [2.75, 3.05) is 5.32 Å². The summed E-state index contributed by atoms with van der Waals surface area (Å²) >= 11 is 0. The largest absolute Gasteiger partial charge is 0.360 e. The average molecular weight is 356 g/mol. The summed E-state index contributed by atoms with van der Waals surface area (Å²) in [5, 5.41) is 6.23. The Morgan fingerprint density at radius 1 is 1.31 bits per heavy atom. The minimum Gasteiger partial charge on any atom is -0.360 e. The van der Waals surface area contributed by atoms with E-state index in [9.17, 15) is 14.0 Å². The third kappa shape index (κ3) is 3.85. The van der Waals surface area contributed by atoms with E-state index in [1.165, 1.54) is 28.8 Å². The third-order valence-electron chi connectivity index (χ3n) is 3.70. The number of hydrogen-bond donors (Lipinski definition) is 1. The molecule has 0 saturated heterocycles. The van der Waals surface area contributed by atoms with Crippen LogP contribution in [-0.2, 0) is 17.8 Å². The third-order valence-corrected chi connectivity index (χ3v) is 3.70. The first-order valence-electron chi connectivity index (χ1n) is 8.06. The van der Waals surface area contributed by atoms with Crippen molar-refractivity contribution in [1.82, 2.24) is 14.7 Å². The molecule has 3 rings (SSSR count). The van der Waals surface area contributed by atoms with Crippen LogP contribution in [0.4, 0.5) is 10.2 Å². The second kappa shape index (κ2) is 7.30. The SMILES string of the molecule is CCc1cc(=O)n(CC(=O)Nc2cc(C)on2)c(-c2cccc(F)c2)n1. The lowest BCUT2D eigenvalue weighted by Gasteiger charge is -2.13. The fraction of sp³-hybridized carbons (Fsp3) is 0.222. The van der Waals surface area contributed by atoms with E-state index in [-0.39, 0.29) is 23.7 Å². The smallest absolute Gasteiger partial charge is 0.254 e. The lowest BCUT2D eigenvalue weighted by atomic mass is 10.2. The van der Waals surface area contributed by atoms with Crippen molar-refractivity contribution in [2.45, 2.75) is 26.8 Å². The first kappa shape index (κ1) is 17.5. The topological polar surface area (TPSA) is 90.0 Å². The van der Waals surface area contributed by atoms with Gasteiger partial charge in [0.15, 0.2) is 5.82 Å². The van der Waals surface area contributed by atoms with Gasteiger partial charge in [-0.15, -0.1) is 0 Å². The van der Waals surface area contributed by atoms with Crippen LogP contribution in [-0.4, -0.2) is 20.6 Å². The van der Waals surface area contributed by atoms with Gasteiger partial charge in [-0.05, 0) is 25.5 Å². The van der Waals surface area contributed by atoms with Crippen molar-refractivity contribution in [3.63, 3.8) is 0 Å². The van der Waals surface area contributed by atoms with Gasteiger partial charge in [0.2, 0.25) is 5.91 Å². The van der Waals surface area contributed by atoms with Gasteiger partial charge in [0, 0.05) is 23.4 Å². The lowest BCUT2D eigenvalue weighted by Crippen LogP contribution is -2.30. The fourth-order valence-corrected chi connectivity index (χ4v) is 2.49. The van der Waals surface area contributed by atoms with Crippen LogP contribution in [0.15, 0.2) is 45.7 Å². The zero-order chi connectivity index (χ0) is 18.7. The number of anilines is 1. The number of aryl methyl sites for hydroxylation is 2. The molecule has 1 amide bonds. The Kier molecular flexibility index (Phi) is 4.92. The number of nitrogens with zero attached hydrogens (tertiary/aromatic N) is 3. The number of aromatic nitrogens is 3. The summed E-state index contributed by atoms with van der Waals surface area (Å²) in [6.07, 6.45) is 0.544. The van der Waals surface area contributed by atoms with E-state index in [1.807, 2.05) is 6.92 Å². The van der Waals surface area contributed by atoms with Crippen molar-refractivity contribution in [2.24, 2.45) is 0 Å². The Labute approximate surface area is 148 Å². The molecule has 0 unspecified atom stereocenters. The van der Waals surface area contributed by atoms with Gasteiger partial charge in [-0.25, -0.2) is 9.37 Å². The fourth-order valence-electron chi connectivity index (χ4n) is 2.49. The van der Waals surface area contributed by atoms with E-state index >= 15 is 0 Å². The predicted octanol–water partition coefficient (Wildman–Crippen LogP) is 2.55. The van der Waals surface area contributed by atoms with Gasteiger partial charge < -0.3 is 9.84 Å². The van der Waals surface area contributed by atoms with Crippen LogP contribution >= 0.6 is 0 Å². The summed E-state index contributed by atoms with van der Waals surface area (Å²) in [6.45, 7) is 3.28. The first-order chi connectivity index (χ1) is 12.5. The van der Waals surface area contributed by atoms with Gasteiger partial charge >= 0.3 is 0 Å². The Bertz CT molecular complexity index is 1010. The maximum atomic E-state index is 13.6. The predicted molar refractivity (Wildman–Crippen MR) is 93.1 cm³/mol. The van der Waals surface area contributed by atoms with E-state index in [0.29, 0.717) is 23.4 Å². The minimum atomic E-state index is -0.468. The summed E-state index contributed by atoms with van der Waals surface area (Å²) in [5.74, 6) is 0.120. The molecule has 0 radical (unpaired) electrons.